The predicted octanol–water partition coefficient (Wildman–Crippen LogP) is 3.49. The summed E-state index contributed by atoms with van der Waals surface area (Å²) >= 11 is 0. The van der Waals surface area contributed by atoms with Crippen LogP contribution >= 0.6 is 0 Å². The number of hydrogen-bond acceptors (Lipinski definition) is 4. The Labute approximate surface area is 137 Å². The van der Waals surface area contributed by atoms with E-state index in [2.05, 4.69) is 27.5 Å². The number of unbranched alkanes of at least 4 members (excludes halogenated alkanes) is 1. The third kappa shape index (κ3) is 5.06. The molecule has 5 nitrogen and oxygen atoms in total. The van der Waals surface area contributed by atoms with E-state index in [4.69, 9.17) is 0 Å². The van der Waals surface area contributed by atoms with Gasteiger partial charge in [-0.05, 0) is 31.9 Å². The van der Waals surface area contributed by atoms with Crippen LogP contribution in [0.2, 0.25) is 0 Å². The molecule has 1 heterocycles. The molecule has 2 N–H and O–H groups in total. The highest BCUT2D eigenvalue weighted by molar-refractivity contribution is 5.92. The lowest BCUT2D eigenvalue weighted by molar-refractivity contribution is 0.0948. The zero-order chi connectivity index (χ0) is 16.7. The lowest BCUT2D eigenvalue weighted by atomic mass is 10.1. The van der Waals surface area contributed by atoms with Crippen LogP contribution in [0.1, 0.15) is 54.5 Å². The van der Waals surface area contributed by atoms with Gasteiger partial charge in [-0.3, -0.25) is 4.79 Å². The third-order valence-electron chi connectivity index (χ3n) is 3.55. The van der Waals surface area contributed by atoms with Gasteiger partial charge in [-0.1, -0.05) is 43.7 Å². The smallest absolute Gasteiger partial charge is 0.270 e. The number of aryl methyl sites for hydroxylation is 1. The van der Waals surface area contributed by atoms with Gasteiger partial charge in [0.25, 0.3) is 5.91 Å². The Hall–Kier alpha value is -2.43. The molecule has 23 heavy (non-hydrogen) atoms. The molecule has 0 bridgehead atoms. The van der Waals surface area contributed by atoms with Gasteiger partial charge in [0.2, 0.25) is 5.95 Å². The van der Waals surface area contributed by atoms with Crippen molar-refractivity contribution in [1.82, 2.24) is 15.3 Å². The minimum Gasteiger partial charge on any atom is -0.351 e. The summed E-state index contributed by atoms with van der Waals surface area (Å²) in [5.74, 6) is 0.321. The Balaban J connectivity index is 2.09. The van der Waals surface area contributed by atoms with E-state index in [9.17, 15) is 4.79 Å². The monoisotopic (exact) mass is 312 g/mol. The van der Waals surface area contributed by atoms with Crippen LogP contribution in [0, 0.1) is 6.92 Å². The number of nitrogens with zero attached hydrogens (tertiary/aromatic N) is 2. The summed E-state index contributed by atoms with van der Waals surface area (Å²) in [5, 5.41) is 6.14. The molecule has 0 radical (unpaired) electrons. The molecule has 0 spiro atoms. The van der Waals surface area contributed by atoms with Gasteiger partial charge in [0.15, 0.2) is 0 Å². The maximum Gasteiger partial charge on any atom is 0.270 e. The Morgan fingerprint density at radius 2 is 1.96 bits per heavy atom. The molecule has 0 saturated heterocycles. The minimum absolute atomic E-state index is 0.0639. The van der Waals surface area contributed by atoms with E-state index in [0.717, 1.165) is 24.1 Å². The van der Waals surface area contributed by atoms with Crippen molar-refractivity contribution in [3.8, 4) is 0 Å². The molecule has 1 aromatic carbocycles. The zero-order valence-corrected chi connectivity index (χ0v) is 14.0. The van der Waals surface area contributed by atoms with E-state index in [1.807, 2.05) is 44.2 Å². The number of anilines is 1. The molecule has 1 amide bonds. The molecule has 0 saturated carbocycles. The van der Waals surface area contributed by atoms with Crippen LogP contribution in [0.25, 0.3) is 0 Å². The van der Waals surface area contributed by atoms with Gasteiger partial charge in [-0.25, -0.2) is 9.97 Å². The van der Waals surface area contributed by atoms with E-state index >= 15 is 0 Å². The number of nitrogens with one attached hydrogen (secondary N) is 2. The topological polar surface area (TPSA) is 66.9 Å². The average Bonchev–Trinajstić information content (AvgIpc) is 2.55. The van der Waals surface area contributed by atoms with Crippen molar-refractivity contribution in [3.05, 3.63) is 53.3 Å². The molecule has 1 aromatic heterocycles. The van der Waals surface area contributed by atoms with Crippen molar-refractivity contribution in [2.45, 2.75) is 39.7 Å². The molecule has 0 aliphatic rings. The highest BCUT2D eigenvalue weighted by atomic mass is 16.1. The van der Waals surface area contributed by atoms with Crippen molar-refractivity contribution in [2.75, 3.05) is 11.9 Å². The molecule has 1 unspecified atom stereocenters. The zero-order valence-electron chi connectivity index (χ0n) is 14.0. The number of rotatable bonds is 7. The number of benzene rings is 1. The summed E-state index contributed by atoms with van der Waals surface area (Å²) in [6.45, 7) is 6.67. The first kappa shape index (κ1) is 16.9. The second-order valence-electron chi connectivity index (χ2n) is 5.60. The maximum absolute atomic E-state index is 12.2. The molecule has 2 aromatic rings. The largest absolute Gasteiger partial charge is 0.351 e. The van der Waals surface area contributed by atoms with Crippen LogP contribution in [0.4, 0.5) is 5.95 Å². The lowest BCUT2D eigenvalue weighted by Crippen LogP contribution is -2.26. The Kier molecular flexibility index (Phi) is 6.09. The summed E-state index contributed by atoms with van der Waals surface area (Å²) in [5.41, 5.74) is 2.31. The van der Waals surface area contributed by atoms with Gasteiger partial charge in [-0.2, -0.15) is 0 Å². The Morgan fingerprint density at radius 3 is 2.65 bits per heavy atom. The molecule has 0 fully saturated rings. The van der Waals surface area contributed by atoms with Crippen molar-refractivity contribution in [3.63, 3.8) is 0 Å². The molecular weight excluding hydrogens is 288 g/mol. The fourth-order valence-corrected chi connectivity index (χ4v) is 2.24. The van der Waals surface area contributed by atoms with Crippen LogP contribution in [-0.2, 0) is 0 Å². The summed E-state index contributed by atoms with van der Waals surface area (Å²) in [4.78, 5) is 20.9. The standard InChI is InChI=1S/C18H24N4O/c1-4-5-11-19-17(23)16-12-13(2)20-18(22-16)21-14(3)15-9-7-6-8-10-15/h6-10,12,14H,4-5,11H2,1-3H3,(H,19,23)(H,20,21,22). The molecular formula is C18H24N4O. The average molecular weight is 312 g/mol. The molecule has 122 valence electrons. The number of carbonyl (C=O) groups is 1. The van der Waals surface area contributed by atoms with E-state index < -0.39 is 0 Å². The highest BCUT2D eigenvalue weighted by Crippen LogP contribution is 2.16. The van der Waals surface area contributed by atoms with Gasteiger partial charge in [0.05, 0.1) is 6.04 Å². The number of carbonyl (C=O) groups excluding carboxylic acids is 1. The first-order valence-electron chi connectivity index (χ1n) is 8.05. The third-order valence-corrected chi connectivity index (χ3v) is 3.55. The van der Waals surface area contributed by atoms with Crippen molar-refractivity contribution >= 4 is 11.9 Å². The normalized spacial score (nSPS) is 11.8. The maximum atomic E-state index is 12.2. The van der Waals surface area contributed by atoms with Crippen molar-refractivity contribution in [1.29, 1.82) is 0 Å². The summed E-state index contributed by atoms with van der Waals surface area (Å²) in [6, 6.07) is 11.8. The van der Waals surface area contributed by atoms with Gasteiger partial charge < -0.3 is 10.6 Å². The first-order valence-corrected chi connectivity index (χ1v) is 8.05. The minimum atomic E-state index is -0.153. The molecule has 1 atom stereocenters. The second-order valence-corrected chi connectivity index (χ2v) is 5.60. The van der Waals surface area contributed by atoms with Crippen molar-refractivity contribution in [2.24, 2.45) is 0 Å². The highest BCUT2D eigenvalue weighted by Gasteiger charge is 2.12. The van der Waals surface area contributed by atoms with E-state index in [1.165, 1.54) is 0 Å². The van der Waals surface area contributed by atoms with Crippen molar-refractivity contribution < 1.29 is 4.79 Å². The van der Waals surface area contributed by atoms with E-state index in [0.29, 0.717) is 18.2 Å². The second kappa shape index (κ2) is 8.27. The van der Waals surface area contributed by atoms with Gasteiger partial charge in [0, 0.05) is 12.2 Å². The molecule has 5 heteroatoms. The Bertz CT molecular complexity index is 643. The molecule has 0 aliphatic heterocycles. The van der Waals surface area contributed by atoms with Crippen LogP contribution in [-0.4, -0.2) is 22.4 Å². The predicted molar refractivity (Wildman–Crippen MR) is 92.5 cm³/mol. The van der Waals surface area contributed by atoms with E-state index in [1.54, 1.807) is 6.07 Å². The number of hydrogen-bond donors (Lipinski definition) is 2. The number of aromatic nitrogens is 2. The molecule has 2 rings (SSSR count). The number of amides is 1. The summed E-state index contributed by atoms with van der Waals surface area (Å²) in [7, 11) is 0. The Morgan fingerprint density at radius 1 is 1.22 bits per heavy atom. The van der Waals surface area contributed by atoms with Crippen LogP contribution < -0.4 is 10.6 Å². The SMILES string of the molecule is CCCCNC(=O)c1cc(C)nc(NC(C)c2ccccc2)n1. The molecule has 0 aliphatic carbocycles. The van der Waals surface area contributed by atoms with E-state index in [-0.39, 0.29) is 11.9 Å². The van der Waals surface area contributed by atoms with Gasteiger partial charge in [0.1, 0.15) is 5.69 Å². The summed E-state index contributed by atoms with van der Waals surface area (Å²) in [6.07, 6.45) is 2.01. The van der Waals surface area contributed by atoms with Crippen LogP contribution in [0.3, 0.4) is 0 Å². The van der Waals surface area contributed by atoms with Crippen LogP contribution in [0.15, 0.2) is 36.4 Å². The summed E-state index contributed by atoms with van der Waals surface area (Å²) < 4.78 is 0. The fourth-order valence-electron chi connectivity index (χ4n) is 2.24. The lowest BCUT2D eigenvalue weighted by Gasteiger charge is -2.15. The van der Waals surface area contributed by atoms with Crippen LogP contribution in [0.5, 0.6) is 0 Å². The first-order chi connectivity index (χ1) is 11.1. The quantitative estimate of drug-likeness (QED) is 0.768. The fraction of sp³-hybridized carbons (Fsp3) is 0.389. The van der Waals surface area contributed by atoms with Gasteiger partial charge in [-0.15, -0.1) is 0 Å². The van der Waals surface area contributed by atoms with Gasteiger partial charge >= 0.3 is 0 Å².